The second-order valence-corrected chi connectivity index (χ2v) is 6.91. The van der Waals surface area contributed by atoms with Gasteiger partial charge >= 0.3 is 0 Å². The van der Waals surface area contributed by atoms with Gasteiger partial charge in [0.1, 0.15) is 10.8 Å². The molecule has 1 heterocycles. The molecule has 0 radical (unpaired) electrons. The number of nitrogens with one attached hydrogen (secondary N) is 1. The molecule has 1 amide bonds. The average molecular weight is 387 g/mol. The number of hydrogen-bond donors (Lipinski definition) is 1. The Morgan fingerprint density at radius 3 is 2.81 bits per heavy atom. The predicted octanol–water partition coefficient (Wildman–Crippen LogP) is 4.83. The molecule has 0 aliphatic heterocycles. The minimum Gasteiger partial charge on any atom is -0.494 e. The van der Waals surface area contributed by atoms with Gasteiger partial charge in [0.05, 0.1) is 12.3 Å². The lowest BCUT2D eigenvalue weighted by Crippen LogP contribution is -2.25. The highest BCUT2D eigenvalue weighted by atomic mass is 35.5. The van der Waals surface area contributed by atoms with Crippen LogP contribution in [0.15, 0.2) is 53.9 Å². The first-order chi connectivity index (χ1) is 12.7. The van der Waals surface area contributed by atoms with Crippen LogP contribution in [0.4, 0.5) is 0 Å². The molecule has 6 heteroatoms. The van der Waals surface area contributed by atoms with Gasteiger partial charge in [-0.15, -0.1) is 11.3 Å². The molecule has 1 aromatic heterocycles. The number of ether oxygens (including phenoxy) is 1. The number of nitrogens with zero attached hydrogens (tertiary/aromatic N) is 1. The Balaban J connectivity index is 1.54. The van der Waals surface area contributed by atoms with E-state index in [2.05, 4.69) is 10.3 Å². The van der Waals surface area contributed by atoms with Gasteiger partial charge < -0.3 is 10.1 Å². The SMILES string of the molecule is CCOc1cccc(C(=O)NCCc2csc(-c3ccc(Cl)cc3)n2)c1. The van der Waals surface area contributed by atoms with E-state index < -0.39 is 0 Å². The van der Waals surface area contributed by atoms with Gasteiger partial charge in [-0.05, 0) is 37.3 Å². The maximum Gasteiger partial charge on any atom is 0.251 e. The van der Waals surface area contributed by atoms with E-state index in [9.17, 15) is 4.79 Å². The zero-order valence-electron chi connectivity index (χ0n) is 14.4. The lowest BCUT2D eigenvalue weighted by Gasteiger charge is -2.07. The number of thiazole rings is 1. The summed E-state index contributed by atoms with van der Waals surface area (Å²) in [6, 6.07) is 14.8. The van der Waals surface area contributed by atoms with Crippen molar-refractivity contribution in [1.29, 1.82) is 0 Å². The predicted molar refractivity (Wildman–Crippen MR) is 106 cm³/mol. The van der Waals surface area contributed by atoms with Crippen LogP contribution in [0, 0.1) is 0 Å². The third kappa shape index (κ3) is 4.84. The van der Waals surface area contributed by atoms with Crippen molar-refractivity contribution in [3.8, 4) is 16.3 Å². The second kappa shape index (κ2) is 8.83. The van der Waals surface area contributed by atoms with Crippen LogP contribution in [0.25, 0.3) is 10.6 Å². The number of amides is 1. The quantitative estimate of drug-likeness (QED) is 0.632. The first-order valence-electron chi connectivity index (χ1n) is 8.37. The van der Waals surface area contributed by atoms with Gasteiger partial charge in [0.15, 0.2) is 0 Å². The summed E-state index contributed by atoms with van der Waals surface area (Å²) in [5.74, 6) is 0.590. The number of carbonyl (C=O) groups is 1. The molecular formula is C20H19ClN2O2S. The lowest BCUT2D eigenvalue weighted by molar-refractivity contribution is 0.0953. The van der Waals surface area contributed by atoms with E-state index >= 15 is 0 Å². The Morgan fingerprint density at radius 1 is 1.23 bits per heavy atom. The molecule has 3 aromatic rings. The highest BCUT2D eigenvalue weighted by Gasteiger charge is 2.08. The van der Waals surface area contributed by atoms with E-state index in [1.807, 2.05) is 48.7 Å². The van der Waals surface area contributed by atoms with Crippen LogP contribution in [0.1, 0.15) is 23.0 Å². The van der Waals surface area contributed by atoms with E-state index in [0.717, 1.165) is 16.3 Å². The zero-order chi connectivity index (χ0) is 18.4. The van der Waals surface area contributed by atoms with Crippen LogP contribution in [-0.2, 0) is 6.42 Å². The average Bonchev–Trinajstić information content (AvgIpc) is 3.12. The van der Waals surface area contributed by atoms with Crippen LogP contribution in [0.2, 0.25) is 5.02 Å². The van der Waals surface area contributed by atoms with Gasteiger partial charge in [-0.1, -0.05) is 29.8 Å². The number of rotatable bonds is 7. The molecule has 1 N–H and O–H groups in total. The third-order valence-corrected chi connectivity index (χ3v) is 4.91. The largest absolute Gasteiger partial charge is 0.494 e. The fourth-order valence-electron chi connectivity index (χ4n) is 2.45. The number of hydrogen-bond acceptors (Lipinski definition) is 4. The zero-order valence-corrected chi connectivity index (χ0v) is 15.9. The maximum absolute atomic E-state index is 12.3. The summed E-state index contributed by atoms with van der Waals surface area (Å²) in [5.41, 5.74) is 2.60. The molecule has 0 spiro atoms. The highest BCUT2D eigenvalue weighted by Crippen LogP contribution is 2.25. The van der Waals surface area contributed by atoms with Crippen molar-refractivity contribution < 1.29 is 9.53 Å². The fraction of sp³-hybridized carbons (Fsp3) is 0.200. The minimum absolute atomic E-state index is 0.111. The highest BCUT2D eigenvalue weighted by molar-refractivity contribution is 7.13. The van der Waals surface area contributed by atoms with Gasteiger partial charge in [-0.2, -0.15) is 0 Å². The molecule has 0 saturated carbocycles. The number of benzene rings is 2. The molecule has 0 atom stereocenters. The second-order valence-electron chi connectivity index (χ2n) is 5.62. The van der Waals surface area contributed by atoms with E-state index in [-0.39, 0.29) is 5.91 Å². The molecule has 3 rings (SSSR count). The number of halogens is 1. The van der Waals surface area contributed by atoms with Crippen LogP contribution < -0.4 is 10.1 Å². The van der Waals surface area contributed by atoms with Crippen molar-refractivity contribution in [2.24, 2.45) is 0 Å². The Labute approximate surface area is 161 Å². The topological polar surface area (TPSA) is 51.2 Å². The monoisotopic (exact) mass is 386 g/mol. The standard InChI is InChI=1S/C20H19ClN2O2S/c1-2-25-18-5-3-4-15(12-18)19(24)22-11-10-17-13-26-20(23-17)14-6-8-16(21)9-7-14/h3-9,12-13H,2,10-11H2,1H3,(H,22,24). The molecule has 0 saturated heterocycles. The van der Waals surface area contributed by atoms with E-state index in [4.69, 9.17) is 16.3 Å². The normalized spacial score (nSPS) is 10.5. The summed E-state index contributed by atoms with van der Waals surface area (Å²) in [6.45, 7) is 3.02. The number of carbonyl (C=O) groups excluding carboxylic acids is 1. The molecule has 134 valence electrons. The van der Waals surface area contributed by atoms with E-state index in [1.54, 1.807) is 23.5 Å². The Morgan fingerprint density at radius 2 is 2.04 bits per heavy atom. The molecule has 0 fully saturated rings. The van der Waals surface area contributed by atoms with Crippen molar-refractivity contribution >= 4 is 28.8 Å². The van der Waals surface area contributed by atoms with E-state index in [1.165, 1.54) is 0 Å². The van der Waals surface area contributed by atoms with E-state index in [0.29, 0.717) is 35.9 Å². The molecular weight excluding hydrogens is 368 g/mol. The smallest absolute Gasteiger partial charge is 0.251 e. The molecule has 26 heavy (non-hydrogen) atoms. The summed E-state index contributed by atoms with van der Waals surface area (Å²) in [5, 5.41) is 6.61. The maximum atomic E-state index is 12.3. The fourth-order valence-corrected chi connectivity index (χ4v) is 3.43. The van der Waals surface area contributed by atoms with Gasteiger partial charge in [-0.25, -0.2) is 4.98 Å². The molecule has 0 bridgehead atoms. The summed E-state index contributed by atoms with van der Waals surface area (Å²) in [6.07, 6.45) is 0.682. The summed E-state index contributed by atoms with van der Waals surface area (Å²) in [7, 11) is 0. The van der Waals surface area contributed by atoms with Crippen molar-refractivity contribution in [2.45, 2.75) is 13.3 Å². The Hall–Kier alpha value is -2.37. The summed E-state index contributed by atoms with van der Waals surface area (Å²) < 4.78 is 5.43. The van der Waals surface area contributed by atoms with Gasteiger partial charge in [0.25, 0.3) is 5.91 Å². The van der Waals surface area contributed by atoms with Crippen molar-refractivity contribution in [3.05, 3.63) is 70.2 Å². The van der Waals surface area contributed by atoms with Crippen LogP contribution >= 0.6 is 22.9 Å². The van der Waals surface area contributed by atoms with Gasteiger partial charge in [-0.3, -0.25) is 4.79 Å². The molecule has 4 nitrogen and oxygen atoms in total. The summed E-state index contributed by atoms with van der Waals surface area (Å²) >= 11 is 7.50. The third-order valence-electron chi connectivity index (χ3n) is 3.72. The van der Waals surface area contributed by atoms with Crippen molar-refractivity contribution in [2.75, 3.05) is 13.2 Å². The molecule has 0 unspecified atom stereocenters. The molecule has 2 aromatic carbocycles. The van der Waals surface area contributed by atoms with Gasteiger partial charge in [0, 0.05) is 34.5 Å². The Bertz CT molecular complexity index is 878. The van der Waals surface area contributed by atoms with Crippen molar-refractivity contribution in [1.82, 2.24) is 10.3 Å². The summed E-state index contributed by atoms with van der Waals surface area (Å²) in [4.78, 5) is 16.9. The number of aromatic nitrogens is 1. The first-order valence-corrected chi connectivity index (χ1v) is 9.63. The minimum atomic E-state index is -0.111. The van der Waals surface area contributed by atoms with Crippen molar-refractivity contribution in [3.63, 3.8) is 0 Å². The van der Waals surface area contributed by atoms with Crippen LogP contribution in [-0.4, -0.2) is 24.0 Å². The molecule has 0 aliphatic carbocycles. The van der Waals surface area contributed by atoms with Crippen LogP contribution in [0.5, 0.6) is 5.75 Å². The van der Waals surface area contributed by atoms with Gasteiger partial charge in [0.2, 0.25) is 0 Å². The Kier molecular flexibility index (Phi) is 6.26. The van der Waals surface area contributed by atoms with Crippen LogP contribution in [0.3, 0.4) is 0 Å². The molecule has 0 aliphatic rings. The first kappa shape index (κ1) is 18.4. The lowest BCUT2D eigenvalue weighted by atomic mass is 10.2.